The lowest BCUT2D eigenvalue weighted by Gasteiger charge is -2.22. The van der Waals surface area contributed by atoms with Crippen molar-refractivity contribution in [3.05, 3.63) is 23.8 Å². The minimum atomic E-state index is 0.561. The van der Waals surface area contributed by atoms with E-state index in [0.29, 0.717) is 17.9 Å². The van der Waals surface area contributed by atoms with E-state index in [0.717, 1.165) is 18.0 Å². The average molecular weight is 263 g/mol. The van der Waals surface area contributed by atoms with Crippen LogP contribution in [-0.4, -0.2) is 26.8 Å². The Kier molecular flexibility index (Phi) is 4.70. The minimum absolute atomic E-state index is 0.561. The fourth-order valence-corrected chi connectivity index (χ4v) is 2.97. The predicted octanol–water partition coefficient (Wildman–Crippen LogP) is 3.20. The van der Waals surface area contributed by atoms with Gasteiger partial charge in [-0.25, -0.2) is 0 Å². The zero-order valence-electron chi connectivity index (χ0n) is 12.4. The van der Waals surface area contributed by atoms with Gasteiger partial charge in [0.05, 0.1) is 14.2 Å². The average Bonchev–Trinajstić information content (AvgIpc) is 2.85. The highest BCUT2D eigenvalue weighted by Crippen LogP contribution is 2.35. The van der Waals surface area contributed by atoms with Gasteiger partial charge in [0.2, 0.25) is 0 Å². The van der Waals surface area contributed by atoms with Crippen LogP contribution < -0.4 is 14.8 Å². The molecule has 0 amide bonds. The number of ether oxygens (including phenoxy) is 2. The first-order valence-electron chi connectivity index (χ1n) is 7.10. The Bertz CT molecular complexity index is 395. The van der Waals surface area contributed by atoms with Crippen molar-refractivity contribution in [1.82, 2.24) is 5.32 Å². The molecule has 2 unspecified atom stereocenters. The Morgan fingerprint density at radius 3 is 2.32 bits per heavy atom. The maximum atomic E-state index is 5.37. The van der Waals surface area contributed by atoms with Gasteiger partial charge in [0, 0.05) is 18.0 Å². The van der Waals surface area contributed by atoms with E-state index in [4.69, 9.17) is 9.47 Å². The topological polar surface area (TPSA) is 30.5 Å². The summed E-state index contributed by atoms with van der Waals surface area (Å²) in [6.45, 7) is 5.66. The molecule has 1 saturated heterocycles. The molecule has 1 heterocycles. The van der Waals surface area contributed by atoms with E-state index in [9.17, 15) is 0 Å². The number of nitrogens with one attached hydrogen (secondary N) is 1. The normalized spacial score (nSPS) is 22.8. The molecule has 1 aromatic rings. The molecule has 0 spiro atoms. The summed E-state index contributed by atoms with van der Waals surface area (Å²) in [5.41, 5.74) is 1.33. The van der Waals surface area contributed by atoms with Gasteiger partial charge in [-0.3, -0.25) is 0 Å². The van der Waals surface area contributed by atoms with E-state index in [1.165, 1.54) is 18.4 Å². The minimum Gasteiger partial charge on any atom is -0.497 e. The van der Waals surface area contributed by atoms with Crippen molar-refractivity contribution in [2.75, 3.05) is 20.8 Å². The standard InChI is InChI=1S/C16H25NO2/c1-11(2)7-16-15(5-6-17-16)12-8-13(18-3)10-14(9-12)19-4/h8-11,15-17H,5-7H2,1-4H3. The zero-order valence-corrected chi connectivity index (χ0v) is 12.4. The highest BCUT2D eigenvalue weighted by atomic mass is 16.5. The van der Waals surface area contributed by atoms with Crippen LogP contribution in [0.3, 0.4) is 0 Å². The molecule has 2 rings (SSSR count). The Morgan fingerprint density at radius 1 is 1.16 bits per heavy atom. The maximum absolute atomic E-state index is 5.37. The van der Waals surface area contributed by atoms with Gasteiger partial charge in [-0.2, -0.15) is 0 Å². The zero-order chi connectivity index (χ0) is 13.8. The van der Waals surface area contributed by atoms with Gasteiger partial charge < -0.3 is 14.8 Å². The molecule has 1 aliphatic heterocycles. The van der Waals surface area contributed by atoms with E-state index in [1.54, 1.807) is 14.2 Å². The summed E-state index contributed by atoms with van der Waals surface area (Å²) in [5.74, 6) is 3.03. The molecule has 3 nitrogen and oxygen atoms in total. The van der Waals surface area contributed by atoms with Gasteiger partial charge in [-0.1, -0.05) is 13.8 Å². The number of rotatable bonds is 5. The quantitative estimate of drug-likeness (QED) is 0.885. The van der Waals surface area contributed by atoms with Crippen molar-refractivity contribution < 1.29 is 9.47 Å². The SMILES string of the molecule is COc1cc(OC)cc(C2CCNC2CC(C)C)c1. The van der Waals surface area contributed by atoms with Crippen LogP contribution in [-0.2, 0) is 0 Å². The summed E-state index contributed by atoms with van der Waals surface area (Å²) in [6, 6.07) is 6.79. The lowest BCUT2D eigenvalue weighted by molar-refractivity contribution is 0.389. The van der Waals surface area contributed by atoms with Crippen LogP contribution in [0.2, 0.25) is 0 Å². The number of hydrogen-bond donors (Lipinski definition) is 1. The van der Waals surface area contributed by atoms with Gasteiger partial charge in [0.1, 0.15) is 11.5 Å². The molecule has 19 heavy (non-hydrogen) atoms. The monoisotopic (exact) mass is 263 g/mol. The molecule has 2 atom stereocenters. The fourth-order valence-electron chi connectivity index (χ4n) is 2.97. The Hall–Kier alpha value is -1.22. The second-order valence-electron chi connectivity index (χ2n) is 5.73. The maximum Gasteiger partial charge on any atom is 0.122 e. The first-order valence-corrected chi connectivity index (χ1v) is 7.10. The van der Waals surface area contributed by atoms with Crippen molar-refractivity contribution in [1.29, 1.82) is 0 Å². The third kappa shape index (κ3) is 3.41. The lowest BCUT2D eigenvalue weighted by atomic mass is 9.87. The molecule has 1 aliphatic rings. The Morgan fingerprint density at radius 2 is 1.79 bits per heavy atom. The van der Waals surface area contributed by atoms with Crippen molar-refractivity contribution >= 4 is 0 Å². The second-order valence-corrected chi connectivity index (χ2v) is 5.73. The first-order chi connectivity index (χ1) is 9.13. The Labute approximate surface area is 116 Å². The van der Waals surface area contributed by atoms with Gasteiger partial charge >= 0.3 is 0 Å². The molecular weight excluding hydrogens is 238 g/mol. The first kappa shape index (κ1) is 14.2. The lowest BCUT2D eigenvalue weighted by Crippen LogP contribution is -2.27. The summed E-state index contributed by atoms with van der Waals surface area (Å²) in [5, 5.41) is 3.63. The summed E-state index contributed by atoms with van der Waals surface area (Å²) in [6.07, 6.45) is 2.40. The third-order valence-corrected chi connectivity index (χ3v) is 3.87. The summed E-state index contributed by atoms with van der Waals surface area (Å²) in [4.78, 5) is 0. The largest absolute Gasteiger partial charge is 0.497 e. The molecule has 106 valence electrons. The van der Waals surface area contributed by atoms with Crippen LogP contribution in [0, 0.1) is 5.92 Å². The van der Waals surface area contributed by atoms with Crippen molar-refractivity contribution in [3.8, 4) is 11.5 Å². The highest BCUT2D eigenvalue weighted by Gasteiger charge is 2.29. The molecular formula is C16H25NO2. The van der Waals surface area contributed by atoms with E-state index < -0.39 is 0 Å². The van der Waals surface area contributed by atoms with Crippen LogP contribution in [0.5, 0.6) is 11.5 Å². The fraction of sp³-hybridized carbons (Fsp3) is 0.625. The van der Waals surface area contributed by atoms with Gasteiger partial charge in [0.15, 0.2) is 0 Å². The molecule has 0 radical (unpaired) electrons. The van der Waals surface area contributed by atoms with Crippen molar-refractivity contribution in [2.45, 2.75) is 38.6 Å². The third-order valence-electron chi connectivity index (χ3n) is 3.87. The van der Waals surface area contributed by atoms with E-state index in [1.807, 2.05) is 6.07 Å². The van der Waals surface area contributed by atoms with E-state index in [-0.39, 0.29) is 0 Å². The molecule has 1 N–H and O–H groups in total. The molecule has 0 saturated carbocycles. The number of benzene rings is 1. The van der Waals surface area contributed by atoms with Gasteiger partial charge in [0.25, 0.3) is 0 Å². The van der Waals surface area contributed by atoms with Crippen LogP contribution in [0.4, 0.5) is 0 Å². The van der Waals surface area contributed by atoms with Crippen LogP contribution in [0.25, 0.3) is 0 Å². The molecule has 0 aliphatic carbocycles. The highest BCUT2D eigenvalue weighted by molar-refractivity contribution is 5.41. The van der Waals surface area contributed by atoms with Gasteiger partial charge in [-0.05, 0) is 43.0 Å². The predicted molar refractivity (Wildman–Crippen MR) is 78.1 cm³/mol. The van der Waals surface area contributed by atoms with Gasteiger partial charge in [-0.15, -0.1) is 0 Å². The van der Waals surface area contributed by atoms with Crippen LogP contribution in [0.1, 0.15) is 38.2 Å². The van der Waals surface area contributed by atoms with Crippen molar-refractivity contribution in [3.63, 3.8) is 0 Å². The van der Waals surface area contributed by atoms with E-state index in [2.05, 4.69) is 31.3 Å². The van der Waals surface area contributed by atoms with Crippen LogP contribution >= 0.6 is 0 Å². The number of methoxy groups -OCH3 is 2. The molecule has 0 bridgehead atoms. The molecule has 0 aromatic heterocycles. The second kappa shape index (κ2) is 6.29. The molecule has 1 fully saturated rings. The van der Waals surface area contributed by atoms with Crippen molar-refractivity contribution in [2.24, 2.45) is 5.92 Å². The molecule has 1 aromatic carbocycles. The molecule has 3 heteroatoms. The summed E-state index contributed by atoms with van der Waals surface area (Å²) < 4.78 is 10.7. The van der Waals surface area contributed by atoms with E-state index >= 15 is 0 Å². The van der Waals surface area contributed by atoms with Crippen LogP contribution in [0.15, 0.2) is 18.2 Å². The Balaban J connectivity index is 2.24. The summed E-state index contributed by atoms with van der Waals surface area (Å²) >= 11 is 0. The smallest absolute Gasteiger partial charge is 0.122 e. The number of hydrogen-bond acceptors (Lipinski definition) is 3. The summed E-state index contributed by atoms with van der Waals surface area (Å²) in [7, 11) is 3.41.